The average molecular weight is 294 g/mol. The van der Waals surface area contributed by atoms with E-state index in [0.717, 1.165) is 5.69 Å². The van der Waals surface area contributed by atoms with Gasteiger partial charge < -0.3 is 24.6 Å². The fourth-order valence-electron chi connectivity index (χ4n) is 1.68. The zero-order valence-corrected chi connectivity index (χ0v) is 12.5. The molecule has 6 heteroatoms. The second-order valence-corrected chi connectivity index (χ2v) is 4.33. The van der Waals surface area contributed by atoms with Crippen molar-refractivity contribution in [1.29, 1.82) is 5.26 Å². The molecule has 6 nitrogen and oxygen atoms in total. The Labute approximate surface area is 125 Å². The Morgan fingerprint density at radius 1 is 1.33 bits per heavy atom. The zero-order valence-electron chi connectivity index (χ0n) is 12.5. The summed E-state index contributed by atoms with van der Waals surface area (Å²) >= 11 is 0. The third-order valence-electron chi connectivity index (χ3n) is 2.75. The van der Waals surface area contributed by atoms with E-state index in [1.807, 2.05) is 13.0 Å². The number of hydrogen-bond donors (Lipinski definition) is 2. The highest BCUT2D eigenvalue weighted by Crippen LogP contribution is 2.25. The Hall–Kier alpha value is -1.81. The number of hydrogen-bond acceptors (Lipinski definition) is 6. The van der Waals surface area contributed by atoms with Crippen LogP contribution in [0.15, 0.2) is 18.2 Å². The summed E-state index contributed by atoms with van der Waals surface area (Å²) in [7, 11) is 1.54. The van der Waals surface area contributed by atoms with E-state index in [-0.39, 0.29) is 6.61 Å². The Balaban J connectivity index is 2.35. The molecular formula is C15H22N2O4. The highest BCUT2D eigenvalue weighted by atomic mass is 16.5. The van der Waals surface area contributed by atoms with E-state index in [2.05, 4.69) is 5.32 Å². The number of ether oxygens (including phenoxy) is 3. The normalized spacial score (nSPS) is 11.7. The monoisotopic (exact) mass is 294 g/mol. The summed E-state index contributed by atoms with van der Waals surface area (Å²) in [4.78, 5) is 0. The number of nitriles is 1. The van der Waals surface area contributed by atoms with E-state index in [9.17, 15) is 5.11 Å². The van der Waals surface area contributed by atoms with Crippen LogP contribution in [0.3, 0.4) is 0 Å². The van der Waals surface area contributed by atoms with Crippen molar-refractivity contribution < 1.29 is 19.3 Å². The summed E-state index contributed by atoms with van der Waals surface area (Å²) in [5.74, 6) is 0.568. The van der Waals surface area contributed by atoms with E-state index in [4.69, 9.17) is 19.5 Å². The molecule has 1 aromatic rings. The molecule has 0 saturated heterocycles. The van der Waals surface area contributed by atoms with Gasteiger partial charge in [-0.1, -0.05) is 0 Å². The van der Waals surface area contributed by atoms with Crippen molar-refractivity contribution in [2.75, 3.05) is 45.4 Å². The minimum Gasteiger partial charge on any atom is -0.495 e. The molecule has 0 aliphatic rings. The first-order valence-corrected chi connectivity index (χ1v) is 6.86. The second kappa shape index (κ2) is 10.00. The van der Waals surface area contributed by atoms with E-state index in [0.29, 0.717) is 37.7 Å². The topological polar surface area (TPSA) is 83.7 Å². The van der Waals surface area contributed by atoms with Crippen LogP contribution in [0.4, 0.5) is 5.69 Å². The van der Waals surface area contributed by atoms with Crippen LogP contribution in [0, 0.1) is 11.3 Å². The number of nitrogens with one attached hydrogen (secondary N) is 1. The molecule has 1 unspecified atom stereocenters. The molecule has 116 valence electrons. The first-order valence-electron chi connectivity index (χ1n) is 6.86. The van der Waals surface area contributed by atoms with Crippen LogP contribution in [-0.2, 0) is 9.47 Å². The smallest absolute Gasteiger partial charge is 0.143 e. The van der Waals surface area contributed by atoms with E-state index < -0.39 is 6.10 Å². The van der Waals surface area contributed by atoms with Crippen LogP contribution >= 0.6 is 0 Å². The molecule has 0 bridgehead atoms. The number of aliphatic hydroxyl groups excluding tert-OH is 1. The van der Waals surface area contributed by atoms with Gasteiger partial charge in [-0.15, -0.1) is 0 Å². The quantitative estimate of drug-likeness (QED) is 0.635. The van der Waals surface area contributed by atoms with Crippen molar-refractivity contribution >= 4 is 5.69 Å². The van der Waals surface area contributed by atoms with E-state index in [1.54, 1.807) is 18.2 Å². The van der Waals surface area contributed by atoms with Crippen molar-refractivity contribution in [2.24, 2.45) is 0 Å². The maximum absolute atomic E-state index is 9.81. The molecule has 0 fully saturated rings. The Bertz CT molecular complexity index is 459. The molecule has 1 atom stereocenters. The van der Waals surface area contributed by atoms with Gasteiger partial charge in [0.05, 0.1) is 50.4 Å². The van der Waals surface area contributed by atoms with Gasteiger partial charge in [0.15, 0.2) is 0 Å². The number of anilines is 1. The lowest BCUT2D eigenvalue weighted by Gasteiger charge is -2.15. The molecule has 0 aliphatic carbocycles. The van der Waals surface area contributed by atoms with E-state index >= 15 is 0 Å². The van der Waals surface area contributed by atoms with Gasteiger partial charge >= 0.3 is 0 Å². The molecule has 0 spiro atoms. The molecule has 0 amide bonds. The third kappa shape index (κ3) is 6.45. The Morgan fingerprint density at radius 2 is 2.10 bits per heavy atom. The fourth-order valence-corrected chi connectivity index (χ4v) is 1.68. The van der Waals surface area contributed by atoms with Crippen molar-refractivity contribution in [1.82, 2.24) is 0 Å². The van der Waals surface area contributed by atoms with Gasteiger partial charge in [0.1, 0.15) is 5.75 Å². The van der Waals surface area contributed by atoms with Crippen molar-refractivity contribution in [3.8, 4) is 11.8 Å². The first-order chi connectivity index (χ1) is 10.2. The highest BCUT2D eigenvalue weighted by molar-refractivity contribution is 5.59. The largest absolute Gasteiger partial charge is 0.495 e. The van der Waals surface area contributed by atoms with Crippen LogP contribution < -0.4 is 10.1 Å². The van der Waals surface area contributed by atoms with Gasteiger partial charge in [-0.25, -0.2) is 0 Å². The summed E-state index contributed by atoms with van der Waals surface area (Å²) in [5.41, 5.74) is 1.25. The number of methoxy groups -OCH3 is 1. The minimum absolute atomic E-state index is 0.235. The van der Waals surface area contributed by atoms with Gasteiger partial charge in [0.2, 0.25) is 0 Å². The molecule has 0 heterocycles. The van der Waals surface area contributed by atoms with Crippen LogP contribution in [0.25, 0.3) is 0 Å². The Kier molecular flexibility index (Phi) is 8.21. The van der Waals surface area contributed by atoms with Gasteiger partial charge in [0.25, 0.3) is 0 Å². The van der Waals surface area contributed by atoms with Gasteiger partial charge in [0, 0.05) is 19.2 Å². The van der Waals surface area contributed by atoms with Crippen molar-refractivity contribution in [2.45, 2.75) is 13.0 Å². The van der Waals surface area contributed by atoms with Crippen LogP contribution in [0.5, 0.6) is 5.75 Å². The molecule has 0 aliphatic heterocycles. The first kappa shape index (κ1) is 17.2. The van der Waals surface area contributed by atoms with Gasteiger partial charge in [-0.05, 0) is 19.1 Å². The predicted molar refractivity (Wildman–Crippen MR) is 79.5 cm³/mol. The van der Waals surface area contributed by atoms with Crippen molar-refractivity contribution in [3.05, 3.63) is 23.8 Å². The van der Waals surface area contributed by atoms with Crippen LogP contribution in [0.1, 0.15) is 12.5 Å². The molecule has 0 aromatic heterocycles. The summed E-state index contributed by atoms with van der Waals surface area (Å²) < 4.78 is 15.6. The maximum Gasteiger partial charge on any atom is 0.143 e. The molecule has 0 saturated carbocycles. The zero-order chi connectivity index (χ0) is 15.5. The molecular weight excluding hydrogens is 272 g/mol. The van der Waals surface area contributed by atoms with Gasteiger partial charge in [-0.3, -0.25) is 0 Å². The van der Waals surface area contributed by atoms with E-state index in [1.165, 1.54) is 7.11 Å². The average Bonchev–Trinajstić information content (AvgIpc) is 2.52. The summed E-state index contributed by atoms with van der Waals surface area (Å²) in [6, 6.07) is 7.14. The van der Waals surface area contributed by atoms with Crippen LogP contribution in [0.2, 0.25) is 0 Å². The molecule has 0 radical (unpaired) electrons. The lowest BCUT2D eigenvalue weighted by molar-refractivity contribution is 0.0103. The summed E-state index contributed by atoms with van der Waals surface area (Å²) in [6.07, 6.45) is -0.632. The maximum atomic E-state index is 9.81. The lowest BCUT2D eigenvalue weighted by Crippen LogP contribution is -2.25. The predicted octanol–water partition coefficient (Wildman–Crippen LogP) is 1.39. The summed E-state index contributed by atoms with van der Waals surface area (Å²) in [5, 5.41) is 21.7. The molecule has 21 heavy (non-hydrogen) atoms. The second-order valence-electron chi connectivity index (χ2n) is 4.33. The lowest BCUT2D eigenvalue weighted by atomic mass is 10.2. The Morgan fingerprint density at radius 3 is 2.76 bits per heavy atom. The highest BCUT2D eigenvalue weighted by Gasteiger charge is 2.08. The van der Waals surface area contributed by atoms with Gasteiger partial charge in [-0.2, -0.15) is 5.26 Å². The number of aliphatic hydroxyl groups is 1. The van der Waals surface area contributed by atoms with Crippen LogP contribution in [-0.4, -0.2) is 51.3 Å². The number of rotatable bonds is 10. The van der Waals surface area contributed by atoms with Crippen molar-refractivity contribution in [3.63, 3.8) is 0 Å². The summed E-state index contributed by atoms with van der Waals surface area (Å²) in [6.45, 7) is 4.14. The fraction of sp³-hybridized carbons (Fsp3) is 0.533. The standard InChI is InChI=1S/C15H22N2O4/c1-3-20-6-7-21-11-13(18)10-17-14-5-4-12(9-16)8-15(14)19-2/h4-5,8,13,17-18H,3,6-7,10-11H2,1-2H3. The molecule has 1 aromatic carbocycles. The molecule has 2 N–H and O–H groups in total. The number of benzene rings is 1. The molecule has 1 rings (SSSR count). The minimum atomic E-state index is -0.632. The SMILES string of the molecule is CCOCCOCC(O)CNc1ccc(C#N)cc1OC. The third-order valence-corrected chi connectivity index (χ3v) is 2.75. The number of nitrogens with zero attached hydrogens (tertiary/aromatic N) is 1.